The average molecular weight is 531 g/mol. The van der Waals surface area contributed by atoms with Gasteiger partial charge in [0.25, 0.3) is 11.1 Å². The van der Waals surface area contributed by atoms with Crippen molar-refractivity contribution in [2.24, 2.45) is 0 Å². The van der Waals surface area contributed by atoms with Gasteiger partial charge in [-0.2, -0.15) is 0 Å². The van der Waals surface area contributed by atoms with E-state index in [0.717, 1.165) is 16.7 Å². The predicted octanol–water partition coefficient (Wildman–Crippen LogP) is 4.77. The van der Waals surface area contributed by atoms with Gasteiger partial charge in [-0.3, -0.25) is 19.3 Å². The number of hydrogen-bond donors (Lipinski definition) is 1. The minimum atomic E-state index is -0.633. The number of carbonyl (C=O) groups is 4. The number of halogens is 1. The molecule has 2 aromatic rings. The fraction of sp³-hybridized carbons (Fsp3) is 0.200. The lowest BCUT2D eigenvalue weighted by molar-refractivity contribution is -0.127. The predicted molar refractivity (Wildman–Crippen MR) is 137 cm³/mol. The summed E-state index contributed by atoms with van der Waals surface area (Å²) in [6, 6.07) is 9.36. The molecule has 0 atom stereocenters. The Labute approximate surface area is 217 Å². The summed E-state index contributed by atoms with van der Waals surface area (Å²) in [5.74, 6) is -0.899. The molecule has 1 fully saturated rings. The van der Waals surface area contributed by atoms with Crippen molar-refractivity contribution in [2.75, 3.05) is 32.2 Å². The molecule has 11 heteroatoms. The highest BCUT2D eigenvalue weighted by Crippen LogP contribution is 2.34. The molecule has 0 aromatic heterocycles. The number of benzene rings is 2. The lowest BCUT2D eigenvalue weighted by Crippen LogP contribution is -2.36. The second kappa shape index (κ2) is 12.3. The molecule has 1 heterocycles. The molecule has 36 heavy (non-hydrogen) atoms. The van der Waals surface area contributed by atoms with Crippen LogP contribution in [-0.2, 0) is 14.3 Å². The molecular formula is C25H23ClN2O7S. The summed E-state index contributed by atoms with van der Waals surface area (Å²) >= 11 is 6.76. The molecule has 9 nitrogen and oxygen atoms in total. The van der Waals surface area contributed by atoms with Crippen molar-refractivity contribution >= 4 is 58.1 Å². The van der Waals surface area contributed by atoms with Crippen molar-refractivity contribution in [2.45, 2.75) is 6.92 Å². The van der Waals surface area contributed by atoms with Gasteiger partial charge in [-0.05, 0) is 60.7 Å². The van der Waals surface area contributed by atoms with Crippen LogP contribution in [0.1, 0.15) is 22.8 Å². The molecule has 1 aliphatic heterocycles. The molecular weight excluding hydrogens is 508 g/mol. The summed E-state index contributed by atoms with van der Waals surface area (Å²) < 4.78 is 15.8. The van der Waals surface area contributed by atoms with Gasteiger partial charge in [0.15, 0.2) is 11.5 Å². The molecule has 3 amide bonds. The third-order valence-electron chi connectivity index (χ3n) is 4.76. The van der Waals surface area contributed by atoms with E-state index in [1.165, 1.54) is 31.4 Å². The van der Waals surface area contributed by atoms with Crippen LogP contribution < -0.4 is 14.8 Å². The van der Waals surface area contributed by atoms with Crippen molar-refractivity contribution in [3.8, 4) is 11.5 Å². The first-order valence-electron chi connectivity index (χ1n) is 10.7. The molecule has 188 valence electrons. The number of ether oxygens (including phenoxy) is 3. The van der Waals surface area contributed by atoms with Gasteiger partial charge in [0.05, 0.1) is 29.2 Å². The number of rotatable bonds is 10. The first-order valence-corrected chi connectivity index (χ1v) is 11.9. The van der Waals surface area contributed by atoms with Crippen molar-refractivity contribution in [3.05, 3.63) is 70.1 Å². The zero-order chi connectivity index (χ0) is 26.2. The smallest absolute Gasteiger partial charge is 0.339 e. The summed E-state index contributed by atoms with van der Waals surface area (Å²) in [4.78, 5) is 50.8. The number of methoxy groups -OCH3 is 1. The number of amides is 3. The second-order valence-electron chi connectivity index (χ2n) is 7.24. The largest absolute Gasteiger partial charge is 0.493 e. The molecule has 1 aliphatic rings. The van der Waals surface area contributed by atoms with E-state index in [9.17, 15) is 19.2 Å². The van der Waals surface area contributed by atoms with E-state index in [2.05, 4.69) is 11.9 Å². The van der Waals surface area contributed by atoms with E-state index in [1.807, 2.05) is 0 Å². The van der Waals surface area contributed by atoms with Gasteiger partial charge in [0.2, 0.25) is 5.91 Å². The van der Waals surface area contributed by atoms with Crippen LogP contribution in [0.15, 0.2) is 54.0 Å². The Morgan fingerprint density at radius 3 is 2.64 bits per heavy atom. The van der Waals surface area contributed by atoms with Gasteiger partial charge in [-0.15, -0.1) is 0 Å². The van der Waals surface area contributed by atoms with Crippen LogP contribution in [0.5, 0.6) is 11.5 Å². The lowest BCUT2D eigenvalue weighted by Gasteiger charge is -2.13. The van der Waals surface area contributed by atoms with Crippen LogP contribution in [-0.4, -0.2) is 54.8 Å². The van der Waals surface area contributed by atoms with Gasteiger partial charge in [0, 0.05) is 5.69 Å². The van der Waals surface area contributed by atoms with E-state index >= 15 is 0 Å². The monoisotopic (exact) mass is 530 g/mol. The Balaban J connectivity index is 1.70. The van der Waals surface area contributed by atoms with Crippen molar-refractivity contribution in [1.29, 1.82) is 0 Å². The van der Waals surface area contributed by atoms with Crippen LogP contribution in [0.3, 0.4) is 0 Å². The van der Waals surface area contributed by atoms with E-state index in [0.29, 0.717) is 23.7 Å². The molecule has 0 radical (unpaired) electrons. The molecule has 0 aliphatic carbocycles. The highest BCUT2D eigenvalue weighted by atomic mass is 35.5. The SMILES string of the molecule is C=CCOc1ccc(/C=C2/SC(=O)N(CC(=O)Nc3ccc(Cl)c(C(=O)OCC)c3)C2=O)cc1OC. The van der Waals surface area contributed by atoms with E-state index in [-0.39, 0.29) is 27.8 Å². The van der Waals surface area contributed by atoms with Gasteiger partial charge in [-0.25, -0.2) is 4.79 Å². The van der Waals surface area contributed by atoms with Crippen LogP contribution in [0.25, 0.3) is 6.08 Å². The number of carbonyl (C=O) groups excluding carboxylic acids is 4. The van der Waals surface area contributed by atoms with Crippen molar-refractivity contribution in [3.63, 3.8) is 0 Å². The number of thioether (sulfide) groups is 1. The molecule has 0 unspecified atom stereocenters. The Morgan fingerprint density at radius 2 is 1.94 bits per heavy atom. The second-order valence-corrected chi connectivity index (χ2v) is 8.64. The first-order chi connectivity index (χ1) is 17.3. The van der Waals surface area contributed by atoms with E-state index in [1.54, 1.807) is 31.2 Å². The maximum Gasteiger partial charge on any atom is 0.339 e. The van der Waals surface area contributed by atoms with Gasteiger partial charge in [-0.1, -0.05) is 30.3 Å². The van der Waals surface area contributed by atoms with Gasteiger partial charge >= 0.3 is 5.97 Å². The van der Waals surface area contributed by atoms with Crippen molar-refractivity contribution < 1.29 is 33.4 Å². The zero-order valence-electron chi connectivity index (χ0n) is 19.5. The van der Waals surface area contributed by atoms with Crippen LogP contribution >= 0.6 is 23.4 Å². The normalized spacial score (nSPS) is 14.1. The zero-order valence-corrected chi connectivity index (χ0v) is 21.1. The van der Waals surface area contributed by atoms with Crippen LogP contribution in [0, 0.1) is 0 Å². The minimum Gasteiger partial charge on any atom is -0.493 e. The number of anilines is 1. The molecule has 2 aromatic carbocycles. The third kappa shape index (κ3) is 6.46. The highest BCUT2D eigenvalue weighted by Gasteiger charge is 2.36. The molecule has 0 spiro atoms. The number of nitrogens with zero attached hydrogens (tertiary/aromatic N) is 1. The first kappa shape index (κ1) is 26.8. The van der Waals surface area contributed by atoms with E-state index < -0.39 is 29.6 Å². The molecule has 0 bridgehead atoms. The highest BCUT2D eigenvalue weighted by molar-refractivity contribution is 8.18. The summed E-state index contributed by atoms with van der Waals surface area (Å²) in [5, 5.41) is 2.14. The Hall–Kier alpha value is -3.76. The fourth-order valence-electron chi connectivity index (χ4n) is 3.14. The third-order valence-corrected chi connectivity index (χ3v) is 6.00. The molecule has 0 saturated carbocycles. The maximum absolute atomic E-state index is 12.8. The number of esters is 1. The van der Waals surface area contributed by atoms with E-state index in [4.69, 9.17) is 25.8 Å². The molecule has 1 N–H and O–H groups in total. The number of nitrogens with one attached hydrogen (secondary N) is 1. The Morgan fingerprint density at radius 1 is 1.17 bits per heavy atom. The average Bonchev–Trinajstić information content (AvgIpc) is 3.11. The maximum atomic E-state index is 12.8. The lowest BCUT2D eigenvalue weighted by atomic mass is 10.2. The topological polar surface area (TPSA) is 111 Å². The summed E-state index contributed by atoms with van der Waals surface area (Å²) in [6.45, 7) is 5.22. The fourth-order valence-corrected chi connectivity index (χ4v) is 4.17. The molecule has 3 rings (SSSR count). The van der Waals surface area contributed by atoms with Crippen LogP contribution in [0.4, 0.5) is 10.5 Å². The molecule has 1 saturated heterocycles. The summed E-state index contributed by atoms with van der Waals surface area (Å²) in [6.07, 6.45) is 3.14. The number of hydrogen-bond acceptors (Lipinski definition) is 8. The van der Waals surface area contributed by atoms with Crippen LogP contribution in [0.2, 0.25) is 5.02 Å². The van der Waals surface area contributed by atoms with Gasteiger partial charge in [0.1, 0.15) is 13.2 Å². The summed E-state index contributed by atoms with van der Waals surface area (Å²) in [7, 11) is 1.49. The Kier molecular flexibility index (Phi) is 9.15. The Bertz CT molecular complexity index is 1240. The van der Waals surface area contributed by atoms with Crippen molar-refractivity contribution in [1.82, 2.24) is 4.90 Å². The van der Waals surface area contributed by atoms with Gasteiger partial charge < -0.3 is 19.5 Å². The quantitative estimate of drug-likeness (QED) is 0.266. The standard InChI is InChI=1S/C25H23ClN2O7S/c1-4-10-35-19-9-6-15(11-20(19)33-3)12-21-23(30)28(25(32)36-21)14-22(29)27-16-7-8-18(26)17(13-16)24(31)34-5-2/h4,6-9,11-13H,1,5,10,14H2,2-3H3,(H,27,29)/b21-12+. The number of imide groups is 1. The summed E-state index contributed by atoms with van der Waals surface area (Å²) in [5.41, 5.74) is 0.961. The minimum absolute atomic E-state index is 0.0850.